The van der Waals surface area contributed by atoms with Crippen LogP contribution in [0.4, 0.5) is 11.4 Å². The molecule has 3 aromatic carbocycles. The van der Waals surface area contributed by atoms with Crippen molar-refractivity contribution >= 4 is 29.1 Å². The van der Waals surface area contributed by atoms with Crippen molar-refractivity contribution in [2.45, 2.75) is 6.92 Å². The monoisotopic (exact) mass is 386 g/mol. The van der Waals surface area contributed by atoms with E-state index in [-0.39, 0.29) is 22.9 Å². The molecule has 0 aliphatic heterocycles. The number of carbonyl (C=O) groups excluding carboxylic acids is 2. The number of non-ortho nitro benzene ring substituents is 1. The van der Waals surface area contributed by atoms with Crippen LogP contribution in [0.1, 0.15) is 31.8 Å². The maximum absolute atomic E-state index is 12.3. The Kier molecular flexibility index (Phi) is 5.94. The molecule has 0 aromatic heterocycles. The number of aryl methyl sites for hydroxylation is 1. The summed E-state index contributed by atoms with van der Waals surface area (Å²) in [5, 5.41) is 13.7. The number of nitro groups is 1. The second-order valence-electron chi connectivity index (χ2n) is 6.45. The molecule has 0 bridgehead atoms. The van der Waals surface area contributed by atoms with E-state index in [1.807, 2.05) is 19.1 Å². The molecule has 0 aliphatic carbocycles. The lowest BCUT2D eigenvalue weighted by Gasteiger charge is -2.06. The minimum atomic E-state index is -0.541. The van der Waals surface area contributed by atoms with Gasteiger partial charge in [-0.15, -0.1) is 0 Å². The highest BCUT2D eigenvalue weighted by atomic mass is 16.6. The molecule has 144 valence electrons. The molecule has 0 unspecified atom stereocenters. The highest BCUT2D eigenvalue weighted by molar-refractivity contribution is 6.07. The first-order valence-electron chi connectivity index (χ1n) is 8.87. The van der Waals surface area contributed by atoms with Gasteiger partial charge < -0.3 is 5.32 Å². The molecule has 0 aliphatic rings. The predicted molar refractivity (Wildman–Crippen MR) is 112 cm³/mol. The number of nitro benzene ring substituents is 1. The van der Waals surface area contributed by atoms with Crippen molar-refractivity contribution in [2.75, 3.05) is 5.32 Å². The molecule has 0 fully saturated rings. The third-order valence-corrected chi connectivity index (χ3v) is 4.23. The Morgan fingerprint density at radius 2 is 1.66 bits per heavy atom. The van der Waals surface area contributed by atoms with Crippen molar-refractivity contribution < 1.29 is 14.5 Å². The number of hydrogen-bond acceptors (Lipinski definition) is 4. The average Bonchev–Trinajstić information content (AvgIpc) is 2.73. The largest absolute Gasteiger partial charge is 0.322 e. The maximum Gasteiger partial charge on any atom is 0.270 e. The van der Waals surface area contributed by atoms with Gasteiger partial charge in [0.15, 0.2) is 5.78 Å². The van der Waals surface area contributed by atoms with Gasteiger partial charge in [0, 0.05) is 28.9 Å². The van der Waals surface area contributed by atoms with Crippen LogP contribution in [0.5, 0.6) is 0 Å². The molecule has 0 saturated heterocycles. The Morgan fingerprint density at radius 3 is 2.38 bits per heavy atom. The van der Waals surface area contributed by atoms with Crippen molar-refractivity contribution in [2.24, 2.45) is 0 Å². The zero-order valence-electron chi connectivity index (χ0n) is 15.7. The summed E-state index contributed by atoms with van der Waals surface area (Å²) in [6.45, 7) is 1.95. The van der Waals surface area contributed by atoms with Crippen molar-refractivity contribution in [1.29, 1.82) is 0 Å². The third-order valence-electron chi connectivity index (χ3n) is 4.23. The van der Waals surface area contributed by atoms with Gasteiger partial charge in [0.25, 0.3) is 11.6 Å². The van der Waals surface area contributed by atoms with Gasteiger partial charge in [-0.3, -0.25) is 19.7 Å². The van der Waals surface area contributed by atoms with Gasteiger partial charge in [-0.05, 0) is 42.8 Å². The highest BCUT2D eigenvalue weighted by Crippen LogP contribution is 2.16. The summed E-state index contributed by atoms with van der Waals surface area (Å²) in [5.74, 6) is -0.568. The first-order chi connectivity index (χ1) is 13.9. The number of rotatable bonds is 6. The van der Waals surface area contributed by atoms with Crippen molar-refractivity contribution in [3.05, 3.63) is 111 Å². The molecule has 0 spiro atoms. The summed E-state index contributed by atoms with van der Waals surface area (Å²) in [5.41, 5.74) is 3.04. The molecule has 6 heteroatoms. The lowest BCUT2D eigenvalue weighted by molar-refractivity contribution is -0.384. The minimum Gasteiger partial charge on any atom is -0.322 e. The Labute approximate surface area is 167 Å². The zero-order valence-corrected chi connectivity index (χ0v) is 15.7. The number of ketones is 1. The Hall–Kier alpha value is -4.06. The highest BCUT2D eigenvalue weighted by Gasteiger charge is 2.09. The van der Waals surface area contributed by atoms with Crippen LogP contribution < -0.4 is 5.32 Å². The topological polar surface area (TPSA) is 89.3 Å². The molecule has 3 rings (SSSR count). The molecular formula is C23H18N2O4. The van der Waals surface area contributed by atoms with Crippen LogP contribution in [0.15, 0.2) is 78.9 Å². The Bertz CT molecular complexity index is 1100. The van der Waals surface area contributed by atoms with E-state index in [0.29, 0.717) is 16.8 Å². The molecule has 0 atom stereocenters. The molecule has 0 radical (unpaired) electrons. The predicted octanol–water partition coefficient (Wildman–Crippen LogP) is 5.05. The van der Waals surface area contributed by atoms with Crippen LogP contribution in [0, 0.1) is 17.0 Å². The normalized spacial score (nSPS) is 10.7. The van der Waals surface area contributed by atoms with Crippen LogP contribution in [-0.2, 0) is 0 Å². The van der Waals surface area contributed by atoms with Crippen molar-refractivity contribution in [3.8, 4) is 0 Å². The summed E-state index contributed by atoms with van der Waals surface area (Å²) in [4.78, 5) is 34.9. The second-order valence-corrected chi connectivity index (χ2v) is 6.45. The number of hydrogen-bond donors (Lipinski definition) is 1. The Balaban J connectivity index is 1.71. The third kappa shape index (κ3) is 5.23. The van der Waals surface area contributed by atoms with Gasteiger partial charge in [0.1, 0.15) is 0 Å². The summed E-state index contributed by atoms with van der Waals surface area (Å²) < 4.78 is 0. The molecule has 3 aromatic rings. The van der Waals surface area contributed by atoms with Crippen LogP contribution in [0.25, 0.3) is 6.08 Å². The standard InChI is InChI=1S/C23H18N2O4/c1-16-8-11-18(12-9-16)23(27)24-20-6-2-4-17(14-20)10-13-22(26)19-5-3-7-21(15-19)25(28)29/h2-15H,1H3,(H,24,27)/b13-10+. The fourth-order valence-electron chi connectivity index (χ4n) is 2.67. The van der Waals surface area contributed by atoms with Crippen LogP contribution in [0.2, 0.25) is 0 Å². The molecule has 0 heterocycles. The summed E-state index contributed by atoms with van der Waals surface area (Å²) in [7, 11) is 0. The fraction of sp³-hybridized carbons (Fsp3) is 0.0435. The van der Waals surface area contributed by atoms with Gasteiger partial charge >= 0.3 is 0 Å². The van der Waals surface area contributed by atoms with Crippen LogP contribution >= 0.6 is 0 Å². The molecule has 6 nitrogen and oxygen atoms in total. The first kappa shape index (κ1) is 19.7. The van der Waals surface area contributed by atoms with E-state index in [2.05, 4.69) is 5.32 Å². The van der Waals surface area contributed by atoms with E-state index in [9.17, 15) is 19.7 Å². The summed E-state index contributed by atoms with van der Waals surface area (Å²) >= 11 is 0. The van der Waals surface area contributed by atoms with Gasteiger partial charge in [-0.25, -0.2) is 0 Å². The van der Waals surface area contributed by atoms with E-state index in [1.165, 1.54) is 30.3 Å². The van der Waals surface area contributed by atoms with Crippen molar-refractivity contribution in [1.82, 2.24) is 0 Å². The number of amides is 1. The second kappa shape index (κ2) is 8.75. The van der Waals surface area contributed by atoms with Gasteiger partial charge in [0.05, 0.1) is 4.92 Å². The molecule has 1 amide bonds. The smallest absolute Gasteiger partial charge is 0.270 e. The quantitative estimate of drug-likeness (QED) is 0.278. The van der Waals surface area contributed by atoms with Gasteiger partial charge in [-0.2, -0.15) is 0 Å². The minimum absolute atomic E-state index is 0.134. The molecular weight excluding hydrogens is 368 g/mol. The summed E-state index contributed by atoms with van der Waals surface area (Å²) in [6.07, 6.45) is 2.95. The Morgan fingerprint density at radius 1 is 0.931 bits per heavy atom. The van der Waals surface area contributed by atoms with E-state index in [1.54, 1.807) is 42.5 Å². The maximum atomic E-state index is 12.3. The zero-order chi connectivity index (χ0) is 20.8. The van der Waals surface area contributed by atoms with E-state index >= 15 is 0 Å². The van der Waals surface area contributed by atoms with E-state index in [0.717, 1.165) is 5.56 Å². The molecule has 1 N–H and O–H groups in total. The van der Waals surface area contributed by atoms with Crippen LogP contribution in [0.3, 0.4) is 0 Å². The number of carbonyl (C=O) groups is 2. The van der Waals surface area contributed by atoms with E-state index in [4.69, 9.17) is 0 Å². The lowest BCUT2D eigenvalue weighted by Crippen LogP contribution is -2.11. The van der Waals surface area contributed by atoms with Crippen molar-refractivity contribution in [3.63, 3.8) is 0 Å². The lowest BCUT2D eigenvalue weighted by atomic mass is 10.1. The number of nitrogens with zero attached hydrogens (tertiary/aromatic N) is 1. The average molecular weight is 386 g/mol. The molecule has 29 heavy (non-hydrogen) atoms. The SMILES string of the molecule is Cc1ccc(C(=O)Nc2cccc(/C=C/C(=O)c3cccc([N+](=O)[O-])c3)c2)cc1. The molecule has 0 saturated carbocycles. The first-order valence-corrected chi connectivity index (χ1v) is 8.87. The van der Waals surface area contributed by atoms with Gasteiger partial charge in [0.2, 0.25) is 0 Å². The van der Waals surface area contributed by atoms with Gasteiger partial charge in [-0.1, -0.05) is 48.0 Å². The number of benzene rings is 3. The fourth-order valence-corrected chi connectivity index (χ4v) is 2.67. The summed E-state index contributed by atoms with van der Waals surface area (Å²) in [6, 6.07) is 19.9. The number of anilines is 1. The van der Waals surface area contributed by atoms with Crippen LogP contribution in [-0.4, -0.2) is 16.6 Å². The van der Waals surface area contributed by atoms with E-state index < -0.39 is 4.92 Å². The number of nitrogens with one attached hydrogen (secondary N) is 1. The number of allylic oxidation sites excluding steroid dienone is 1.